The fourth-order valence-corrected chi connectivity index (χ4v) is 8.13. The summed E-state index contributed by atoms with van der Waals surface area (Å²) >= 11 is 0. The van der Waals surface area contributed by atoms with Gasteiger partial charge in [-0.25, -0.2) is 0 Å². The van der Waals surface area contributed by atoms with E-state index in [4.69, 9.17) is 0 Å². The highest BCUT2D eigenvalue weighted by Gasteiger charge is 2.23. The number of rotatable bonds is 0. The molecule has 0 aromatic carbocycles. The molecule has 3 rings (SSSR count). The molecule has 2 nitrogen and oxygen atoms in total. The number of hydrogen-bond donors (Lipinski definition) is 2. The van der Waals surface area contributed by atoms with Crippen molar-refractivity contribution in [2.45, 2.75) is 173 Å². The summed E-state index contributed by atoms with van der Waals surface area (Å²) in [7, 11) is 0. The first-order valence-corrected chi connectivity index (χ1v) is 18.7. The van der Waals surface area contributed by atoms with Crippen LogP contribution < -0.4 is 9.80 Å². The van der Waals surface area contributed by atoms with Gasteiger partial charge in [-0.15, -0.1) is 0 Å². The fourth-order valence-electron chi connectivity index (χ4n) is 8.13. The molecule has 0 aliphatic carbocycles. The van der Waals surface area contributed by atoms with Gasteiger partial charge in [-0.1, -0.05) is 95.6 Å². The van der Waals surface area contributed by atoms with E-state index in [2.05, 4.69) is 12.2 Å². The van der Waals surface area contributed by atoms with Crippen LogP contribution in [0.1, 0.15) is 173 Å². The Labute approximate surface area is 246 Å². The summed E-state index contributed by atoms with van der Waals surface area (Å²) in [6.07, 6.45) is 44.7. The fraction of sp³-hybridized carbons (Fsp3) is 0.946. The molecule has 0 aromatic heterocycles. The molecule has 0 radical (unpaired) electrons. The van der Waals surface area contributed by atoms with Crippen molar-refractivity contribution in [3.05, 3.63) is 12.2 Å². The molecule has 3 heterocycles. The normalized spacial score (nSPS) is 32.2. The van der Waals surface area contributed by atoms with Gasteiger partial charge in [-0.05, 0) is 89.9 Å². The van der Waals surface area contributed by atoms with Crippen molar-refractivity contribution in [3.63, 3.8) is 0 Å². The number of allylic oxidation sites excluding steroid dienone is 2. The Balaban J connectivity index is 1.28. The second-order valence-corrected chi connectivity index (χ2v) is 14.3. The third kappa shape index (κ3) is 17.3. The second-order valence-electron chi connectivity index (χ2n) is 14.3. The SMILES string of the molecule is C1=CCCCCCC[NH+]2CCCC(CCCCCCCCCCCCC[NH+]3CCCC(CCCCCC1)C3)C2. The standard InChI is InChI=1S/C37H70N2/c1-2-6-10-14-18-22-30-38-32-25-29-37(35-38)27-21-17-13-9-5-3-7-11-15-19-23-31-39-33-24-28-36(34-39)26-20-16-12-8-4-1/h1-2,36-37H,3-35H2/p+2. The third-order valence-electron chi connectivity index (χ3n) is 10.6. The lowest BCUT2D eigenvalue weighted by Gasteiger charge is -2.30. The van der Waals surface area contributed by atoms with Gasteiger partial charge in [0, 0.05) is 11.8 Å². The van der Waals surface area contributed by atoms with E-state index in [1.165, 1.54) is 213 Å². The number of hydrogen-bond acceptors (Lipinski definition) is 0. The van der Waals surface area contributed by atoms with E-state index in [0.717, 1.165) is 11.8 Å². The van der Waals surface area contributed by atoms with Crippen LogP contribution in [0.2, 0.25) is 0 Å². The molecule has 0 spiro atoms. The molecule has 0 saturated carbocycles. The van der Waals surface area contributed by atoms with Crippen LogP contribution in [0.15, 0.2) is 12.2 Å². The van der Waals surface area contributed by atoms with E-state index in [9.17, 15) is 0 Å². The van der Waals surface area contributed by atoms with E-state index in [1.807, 2.05) is 9.80 Å². The Morgan fingerprint density at radius 2 is 0.615 bits per heavy atom. The maximum Gasteiger partial charge on any atom is 0.0799 e. The maximum absolute atomic E-state index is 2.49. The molecule has 0 amide bonds. The summed E-state index contributed by atoms with van der Waals surface area (Å²) in [5.41, 5.74) is 0. The molecule has 39 heavy (non-hydrogen) atoms. The average Bonchev–Trinajstić information content (AvgIpc) is 2.95. The Morgan fingerprint density at radius 1 is 0.308 bits per heavy atom. The summed E-state index contributed by atoms with van der Waals surface area (Å²) in [5, 5.41) is 0. The highest BCUT2D eigenvalue weighted by Crippen LogP contribution is 2.19. The van der Waals surface area contributed by atoms with Gasteiger partial charge >= 0.3 is 0 Å². The van der Waals surface area contributed by atoms with Crippen LogP contribution >= 0.6 is 0 Å². The predicted molar refractivity (Wildman–Crippen MR) is 172 cm³/mol. The van der Waals surface area contributed by atoms with Gasteiger partial charge in [0.15, 0.2) is 0 Å². The molecule has 2 heteroatoms. The van der Waals surface area contributed by atoms with Gasteiger partial charge < -0.3 is 9.80 Å². The minimum absolute atomic E-state index is 1.03. The summed E-state index contributed by atoms with van der Waals surface area (Å²) in [4.78, 5) is 3.88. The molecule has 0 aromatic rings. The first kappa shape index (κ1) is 33.2. The minimum atomic E-state index is 1.03. The van der Waals surface area contributed by atoms with Crippen LogP contribution in [-0.2, 0) is 0 Å². The number of piperidine rings is 2. The molecule has 3 aliphatic rings. The first-order chi connectivity index (χ1) is 19.4. The molecule has 2 saturated heterocycles. The molecule has 2 N–H and O–H groups in total. The third-order valence-corrected chi connectivity index (χ3v) is 10.6. The van der Waals surface area contributed by atoms with Crippen molar-refractivity contribution < 1.29 is 9.80 Å². The molecule has 2 fully saturated rings. The van der Waals surface area contributed by atoms with Crippen molar-refractivity contribution in [2.75, 3.05) is 39.3 Å². The van der Waals surface area contributed by atoms with Gasteiger partial charge in [-0.3, -0.25) is 0 Å². The summed E-state index contributed by atoms with van der Waals surface area (Å²) in [6.45, 7) is 8.81. The van der Waals surface area contributed by atoms with Gasteiger partial charge in [0.2, 0.25) is 0 Å². The largest absolute Gasteiger partial charge is 0.335 e. The zero-order valence-corrected chi connectivity index (χ0v) is 26.6. The Hall–Kier alpha value is -0.340. The molecular formula is C37H72N2+2. The predicted octanol–water partition coefficient (Wildman–Crippen LogP) is 8.12. The summed E-state index contributed by atoms with van der Waals surface area (Å²) in [6, 6.07) is 0. The zero-order chi connectivity index (χ0) is 27.1. The lowest BCUT2D eigenvalue weighted by atomic mass is 9.92. The van der Waals surface area contributed by atoms with Crippen LogP contribution in [0.3, 0.4) is 0 Å². The Kier molecular flexibility index (Phi) is 19.8. The zero-order valence-electron chi connectivity index (χ0n) is 26.6. The van der Waals surface area contributed by atoms with Gasteiger partial charge in [0.25, 0.3) is 0 Å². The minimum Gasteiger partial charge on any atom is -0.335 e. The Morgan fingerprint density at radius 3 is 1.05 bits per heavy atom. The van der Waals surface area contributed by atoms with E-state index < -0.39 is 0 Å². The van der Waals surface area contributed by atoms with Crippen molar-refractivity contribution in [1.29, 1.82) is 0 Å². The summed E-state index contributed by atoms with van der Waals surface area (Å²) in [5.74, 6) is 2.07. The van der Waals surface area contributed by atoms with E-state index >= 15 is 0 Å². The van der Waals surface area contributed by atoms with Gasteiger partial charge in [-0.2, -0.15) is 0 Å². The van der Waals surface area contributed by atoms with Crippen molar-refractivity contribution in [3.8, 4) is 0 Å². The maximum atomic E-state index is 2.49. The van der Waals surface area contributed by atoms with Crippen LogP contribution in [-0.4, -0.2) is 39.3 Å². The van der Waals surface area contributed by atoms with E-state index in [0.29, 0.717) is 0 Å². The molecule has 228 valence electrons. The summed E-state index contributed by atoms with van der Waals surface area (Å²) < 4.78 is 0. The first-order valence-electron chi connectivity index (χ1n) is 18.7. The molecule has 3 aliphatic heterocycles. The molecule has 4 unspecified atom stereocenters. The lowest BCUT2D eigenvalue weighted by Crippen LogP contribution is -3.13. The highest BCUT2D eigenvalue weighted by molar-refractivity contribution is 4.81. The monoisotopic (exact) mass is 545 g/mol. The molecular weight excluding hydrogens is 472 g/mol. The lowest BCUT2D eigenvalue weighted by molar-refractivity contribution is -0.909. The van der Waals surface area contributed by atoms with Crippen LogP contribution in [0.4, 0.5) is 0 Å². The molecule has 4 atom stereocenters. The van der Waals surface area contributed by atoms with Crippen LogP contribution in [0, 0.1) is 11.8 Å². The van der Waals surface area contributed by atoms with Crippen LogP contribution in [0.5, 0.6) is 0 Å². The van der Waals surface area contributed by atoms with E-state index in [-0.39, 0.29) is 0 Å². The average molecular weight is 545 g/mol. The van der Waals surface area contributed by atoms with Crippen LogP contribution in [0.25, 0.3) is 0 Å². The van der Waals surface area contributed by atoms with Crippen molar-refractivity contribution in [2.24, 2.45) is 11.8 Å². The topological polar surface area (TPSA) is 8.88 Å². The van der Waals surface area contributed by atoms with Gasteiger partial charge in [0.05, 0.1) is 39.3 Å². The van der Waals surface area contributed by atoms with Crippen molar-refractivity contribution in [1.82, 2.24) is 0 Å². The van der Waals surface area contributed by atoms with Crippen molar-refractivity contribution >= 4 is 0 Å². The Bertz CT molecular complexity index is 524. The highest BCUT2D eigenvalue weighted by atomic mass is 15.1. The number of nitrogens with one attached hydrogen (secondary N) is 2. The quantitative estimate of drug-likeness (QED) is 0.285. The smallest absolute Gasteiger partial charge is 0.0799 e. The van der Waals surface area contributed by atoms with Gasteiger partial charge in [0.1, 0.15) is 0 Å². The number of fused-ring (bicyclic) bond motifs is 4. The second kappa shape index (κ2) is 23.2. The number of quaternary nitrogens is 2. The van der Waals surface area contributed by atoms with E-state index in [1.54, 1.807) is 0 Å². The molecule has 4 bridgehead atoms.